The monoisotopic (exact) mass is 427 g/mol. The topological polar surface area (TPSA) is 134 Å². The van der Waals surface area contributed by atoms with Crippen LogP contribution in [0.5, 0.6) is 0 Å². The third-order valence-electron chi connectivity index (χ3n) is 5.39. The first-order valence-electron chi connectivity index (χ1n) is 9.96. The van der Waals surface area contributed by atoms with Gasteiger partial charge < -0.3 is 11.5 Å². The van der Waals surface area contributed by atoms with Crippen LogP contribution in [0.3, 0.4) is 0 Å². The lowest BCUT2D eigenvalue weighted by atomic mass is 9.88. The first-order chi connectivity index (χ1) is 15.4. The molecule has 0 radical (unpaired) electrons. The second-order valence-corrected chi connectivity index (χ2v) is 7.48. The molecule has 2 amide bonds. The maximum atomic E-state index is 12.8. The molecular formula is C24H21N5O3. The Kier molecular flexibility index (Phi) is 5.51. The number of benzene rings is 2. The average molecular weight is 427 g/mol. The maximum absolute atomic E-state index is 12.8. The van der Waals surface area contributed by atoms with Crippen LogP contribution in [-0.4, -0.2) is 32.4 Å². The van der Waals surface area contributed by atoms with Gasteiger partial charge in [-0.1, -0.05) is 48.5 Å². The standard InChI is InChI=1S/C24H21N5O3/c1-29-21(17(22(30)24(26)32)12-14-6-3-2-4-7-14)19(23(25)31)20(28-29)16-10-9-15-8-5-11-27-18(15)13-16/h2-11,13,17H,12H2,1H3,(H2,25,31)(H2,26,32). The van der Waals surface area contributed by atoms with Gasteiger partial charge in [0, 0.05) is 24.2 Å². The largest absolute Gasteiger partial charge is 0.365 e. The van der Waals surface area contributed by atoms with Gasteiger partial charge in [-0.25, -0.2) is 0 Å². The van der Waals surface area contributed by atoms with Gasteiger partial charge in [-0.2, -0.15) is 5.10 Å². The van der Waals surface area contributed by atoms with Gasteiger partial charge in [0.1, 0.15) is 5.69 Å². The summed E-state index contributed by atoms with van der Waals surface area (Å²) in [5.41, 5.74) is 13.9. The van der Waals surface area contributed by atoms with Crippen molar-refractivity contribution in [2.24, 2.45) is 18.5 Å². The molecule has 0 saturated carbocycles. The number of carbonyl (C=O) groups is 3. The van der Waals surface area contributed by atoms with Gasteiger partial charge in [-0.15, -0.1) is 0 Å². The molecule has 0 saturated heterocycles. The zero-order valence-electron chi connectivity index (χ0n) is 17.4. The number of pyridine rings is 1. The molecule has 2 heterocycles. The Bertz CT molecular complexity index is 1340. The smallest absolute Gasteiger partial charge is 0.285 e. The Morgan fingerprint density at radius 3 is 2.44 bits per heavy atom. The highest BCUT2D eigenvalue weighted by Gasteiger charge is 2.34. The van der Waals surface area contributed by atoms with Crippen molar-refractivity contribution < 1.29 is 14.4 Å². The van der Waals surface area contributed by atoms with Gasteiger partial charge in [-0.3, -0.25) is 24.0 Å². The molecule has 0 aliphatic rings. The summed E-state index contributed by atoms with van der Waals surface area (Å²) in [7, 11) is 1.61. The van der Waals surface area contributed by atoms with Crippen LogP contribution < -0.4 is 11.5 Å². The maximum Gasteiger partial charge on any atom is 0.285 e. The number of amides is 2. The van der Waals surface area contributed by atoms with Crippen molar-refractivity contribution >= 4 is 28.5 Å². The molecule has 0 aliphatic carbocycles. The third-order valence-corrected chi connectivity index (χ3v) is 5.39. The Hall–Kier alpha value is -4.33. The van der Waals surface area contributed by atoms with Crippen LogP contribution in [0.2, 0.25) is 0 Å². The quantitative estimate of drug-likeness (QED) is 0.436. The van der Waals surface area contributed by atoms with Crippen LogP contribution in [0.4, 0.5) is 0 Å². The SMILES string of the molecule is Cn1nc(-c2ccc3cccnc3c2)c(C(N)=O)c1C(Cc1ccccc1)C(=O)C(N)=O. The molecule has 32 heavy (non-hydrogen) atoms. The first kappa shape index (κ1) is 20.9. The minimum absolute atomic E-state index is 0.0818. The van der Waals surface area contributed by atoms with E-state index in [-0.39, 0.29) is 17.7 Å². The second kappa shape index (κ2) is 8.43. The van der Waals surface area contributed by atoms with Gasteiger partial charge in [0.15, 0.2) is 0 Å². The molecule has 8 nitrogen and oxygen atoms in total. The Morgan fingerprint density at radius 2 is 1.75 bits per heavy atom. The molecule has 1 unspecified atom stereocenters. The number of Topliss-reactive ketones (excluding diaryl/α,β-unsaturated/α-hetero) is 1. The number of hydrogen-bond acceptors (Lipinski definition) is 5. The zero-order valence-corrected chi connectivity index (χ0v) is 17.4. The number of hydrogen-bond donors (Lipinski definition) is 2. The van der Waals surface area contributed by atoms with E-state index >= 15 is 0 Å². The summed E-state index contributed by atoms with van der Waals surface area (Å²) >= 11 is 0. The highest BCUT2D eigenvalue weighted by atomic mass is 16.2. The lowest BCUT2D eigenvalue weighted by Gasteiger charge is -2.16. The lowest BCUT2D eigenvalue weighted by Crippen LogP contribution is -2.32. The van der Waals surface area contributed by atoms with Crippen LogP contribution in [0.25, 0.3) is 22.2 Å². The molecule has 0 bridgehead atoms. The molecular weight excluding hydrogens is 406 g/mol. The fraction of sp³-hybridized carbons (Fsp3) is 0.125. The van der Waals surface area contributed by atoms with E-state index in [1.807, 2.05) is 54.6 Å². The van der Waals surface area contributed by atoms with E-state index in [0.717, 1.165) is 16.5 Å². The summed E-state index contributed by atoms with van der Waals surface area (Å²) in [6.45, 7) is 0. The Labute approximate surface area is 183 Å². The molecule has 8 heteroatoms. The van der Waals surface area contributed by atoms with Crippen LogP contribution in [-0.2, 0) is 23.1 Å². The minimum Gasteiger partial charge on any atom is -0.365 e. The van der Waals surface area contributed by atoms with Crippen molar-refractivity contribution in [3.63, 3.8) is 0 Å². The van der Waals surface area contributed by atoms with E-state index in [9.17, 15) is 14.4 Å². The Morgan fingerprint density at radius 1 is 1.00 bits per heavy atom. The number of aryl methyl sites for hydroxylation is 1. The number of fused-ring (bicyclic) bond motifs is 1. The van der Waals surface area contributed by atoms with Crippen molar-refractivity contribution in [2.45, 2.75) is 12.3 Å². The minimum atomic E-state index is -1.08. The van der Waals surface area contributed by atoms with Crippen LogP contribution in [0.15, 0.2) is 66.9 Å². The van der Waals surface area contributed by atoms with E-state index < -0.39 is 23.5 Å². The summed E-state index contributed by atoms with van der Waals surface area (Å²) in [5, 5.41) is 5.43. The van der Waals surface area contributed by atoms with Gasteiger partial charge in [0.25, 0.3) is 11.8 Å². The second-order valence-electron chi connectivity index (χ2n) is 7.48. The number of rotatable bonds is 7. The number of ketones is 1. The van der Waals surface area contributed by atoms with E-state index in [1.165, 1.54) is 4.68 Å². The molecule has 4 rings (SSSR count). The van der Waals surface area contributed by atoms with Crippen molar-refractivity contribution in [1.29, 1.82) is 0 Å². The van der Waals surface area contributed by atoms with Crippen molar-refractivity contribution in [1.82, 2.24) is 14.8 Å². The first-order valence-corrected chi connectivity index (χ1v) is 9.96. The molecule has 2 aromatic carbocycles. The number of nitrogens with two attached hydrogens (primary N) is 2. The number of nitrogens with zero attached hydrogens (tertiary/aromatic N) is 3. The fourth-order valence-electron chi connectivity index (χ4n) is 3.93. The zero-order chi connectivity index (χ0) is 22.8. The molecule has 160 valence electrons. The number of aromatic nitrogens is 3. The molecule has 0 aliphatic heterocycles. The van der Waals surface area contributed by atoms with Gasteiger partial charge in [-0.05, 0) is 24.1 Å². The van der Waals surface area contributed by atoms with E-state index in [1.54, 1.807) is 19.3 Å². The third kappa shape index (κ3) is 3.85. The van der Waals surface area contributed by atoms with Gasteiger partial charge in [0.2, 0.25) is 5.78 Å². The fourth-order valence-corrected chi connectivity index (χ4v) is 3.93. The highest BCUT2D eigenvalue weighted by Crippen LogP contribution is 2.33. The highest BCUT2D eigenvalue weighted by molar-refractivity contribution is 6.37. The number of primary amides is 2. The summed E-state index contributed by atoms with van der Waals surface area (Å²) in [6, 6.07) is 18.4. The van der Waals surface area contributed by atoms with Crippen LogP contribution >= 0.6 is 0 Å². The normalized spacial score (nSPS) is 11.9. The van der Waals surface area contributed by atoms with Crippen molar-refractivity contribution in [3.8, 4) is 11.3 Å². The summed E-state index contributed by atoms with van der Waals surface area (Å²) < 4.78 is 1.42. The summed E-state index contributed by atoms with van der Waals surface area (Å²) in [4.78, 5) is 41.6. The van der Waals surface area contributed by atoms with Crippen LogP contribution in [0, 0.1) is 0 Å². The van der Waals surface area contributed by atoms with Crippen LogP contribution in [0.1, 0.15) is 27.5 Å². The van der Waals surface area contributed by atoms with Gasteiger partial charge in [0.05, 0.1) is 22.7 Å². The molecule has 2 aromatic heterocycles. The van der Waals surface area contributed by atoms with Crippen molar-refractivity contribution in [2.75, 3.05) is 0 Å². The summed E-state index contributed by atoms with van der Waals surface area (Å²) in [5.74, 6) is -3.66. The Balaban J connectivity index is 1.90. The molecule has 4 N–H and O–H groups in total. The molecule has 4 aromatic rings. The lowest BCUT2D eigenvalue weighted by molar-refractivity contribution is -0.137. The average Bonchev–Trinajstić information content (AvgIpc) is 3.14. The molecule has 0 spiro atoms. The van der Waals surface area contributed by atoms with Crippen molar-refractivity contribution in [3.05, 3.63) is 83.7 Å². The summed E-state index contributed by atoms with van der Waals surface area (Å²) in [6.07, 6.45) is 1.84. The predicted molar refractivity (Wildman–Crippen MR) is 120 cm³/mol. The predicted octanol–water partition coefficient (Wildman–Crippen LogP) is 2.11. The van der Waals surface area contributed by atoms with Gasteiger partial charge >= 0.3 is 0 Å². The van der Waals surface area contributed by atoms with E-state index in [2.05, 4.69) is 10.1 Å². The van der Waals surface area contributed by atoms with E-state index in [0.29, 0.717) is 11.3 Å². The molecule has 1 atom stereocenters. The number of carbonyl (C=O) groups excluding carboxylic acids is 3. The molecule has 0 fully saturated rings. The van der Waals surface area contributed by atoms with E-state index in [4.69, 9.17) is 11.5 Å².